The average molecular weight is 312 g/mol. The molecule has 22 heavy (non-hydrogen) atoms. The summed E-state index contributed by atoms with van der Waals surface area (Å²) in [6.07, 6.45) is 1.42. The van der Waals surface area contributed by atoms with Crippen LogP contribution >= 0.6 is 11.6 Å². The van der Waals surface area contributed by atoms with Crippen LogP contribution in [-0.4, -0.2) is 16.9 Å². The molecule has 108 valence electrons. The van der Waals surface area contributed by atoms with Crippen LogP contribution in [0.2, 0.25) is 5.02 Å². The van der Waals surface area contributed by atoms with Crippen molar-refractivity contribution in [3.63, 3.8) is 0 Å². The molecule has 0 saturated carbocycles. The van der Waals surface area contributed by atoms with Crippen LogP contribution in [-0.2, 0) is 0 Å². The number of hydrogen-bond acceptors (Lipinski definition) is 3. The molecule has 0 fully saturated rings. The number of rotatable bonds is 4. The van der Waals surface area contributed by atoms with Gasteiger partial charge in [-0.2, -0.15) is 5.26 Å². The minimum absolute atomic E-state index is 0.0367. The molecule has 0 unspecified atom stereocenters. The maximum atomic E-state index is 12.2. The highest BCUT2D eigenvalue weighted by molar-refractivity contribution is 6.30. The van der Waals surface area contributed by atoms with Crippen LogP contribution in [0.25, 0.3) is 6.08 Å². The molecule has 0 aliphatic rings. The van der Waals surface area contributed by atoms with Gasteiger partial charge in [0.15, 0.2) is 0 Å². The number of Topliss-reactive ketones (excluding diaryl/α,β-unsaturated/α-hetero) is 1. The predicted molar refractivity (Wildman–Crippen MR) is 82.8 cm³/mol. The highest BCUT2D eigenvalue weighted by atomic mass is 35.5. The molecule has 2 rings (SSSR count). The van der Waals surface area contributed by atoms with E-state index < -0.39 is 11.8 Å². The summed E-state index contributed by atoms with van der Waals surface area (Å²) in [4.78, 5) is 23.0. The summed E-state index contributed by atoms with van der Waals surface area (Å²) in [5.41, 5.74) is 1.04. The summed E-state index contributed by atoms with van der Waals surface area (Å²) in [6, 6.07) is 14.0. The van der Waals surface area contributed by atoms with Gasteiger partial charge in [0.1, 0.15) is 11.6 Å². The summed E-state index contributed by atoms with van der Waals surface area (Å²) in [6.45, 7) is 0. The van der Waals surface area contributed by atoms with Crippen molar-refractivity contribution in [1.29, 1.82) is 5.26 Å². The third-order valence-corrected chi connectivity index (χ3v) is 3.19. The van der Waals surface area contributed by atoms with Gasteiger partial charge in [0.25, 0.3) is 0 Å². The van der Waals surface area contributed by atoms with Crippen LogP contribution in [0.15, 0.2) is 54.1 Å². The van der Waals surface area contributed by atoms with E-state index in [9.17, 15) is 9.59 Å². The van der Waals surface area contributed by atoms with Gasteiger partial charge in [0, 0.05) is 10.6 Å². The van der Waals surface area contributed by atoms with Crippen LogP contribution in [0.1, 0.15) is 26.3 Å². The molecule has 0 spiro atoms. The first-order chi connectivity index (χ1) is 10.5. The zero-order valence-corrected chi connectivity index (χ0v) is 12.0. The normalized spacial score (nSPS) is 10.8. The van der Waals surface area contributed by atoms with Crippen molar-refractivity contribution < 1.29 is 14.7 Å². The van der Waals surface area contributed by atoms with E-state index in [4.69, 9.17) is 22.0 Å². The van der Waals surface area contributed by atoms with Gasteiger partial charge in [0.05, 0.1) is 5.56 Å². The number of nitrogens with zero attached hydrogens (tertiary/aromatic N) is 1. The van der Waals surface area contributed by atoms with Gasteiger partial charge in [-0.05, 0) is 48.0 Å². The number of hydrogen-bond donors (Lipinski definition) is 1. The number of carbonyl (C=O) groups excluding carboxylic acids is 1. The Hall–Kier alpha value is -2.90. The van der Waals surface area contributed by atoms with E-state index in [0.29, 0.717) is 16.1 Å². The van der Waals surface area contributed by atoms with Crippen LogP contribution in [0, 0.1) is 11.3 Å². The molecular formula is C17H10ClNO3. The number of ketones is 1. The second-order valence-electron chi connectivity index (χ2n) is 4.43. The molecule has 0 atom stereocenters. The van der Waals surface area contributed by atoms with Gasteiger partial charge in [-0.1, -0.05) is 23.7 Å². The third kappa shape index (κ3) is 3.60. The first kappa shape index (κ1) is 15.5. The number of aromatic carboxylic acids is 1. The maximum Gasteiger partial charge on any atom is 0.335 e. The largest absolute Gasteiger partial charge is 0.478 e. The smallest absolute Gasteiger partial charge is 0.335 e. The second kappa shape index (κ2) is 6.70. The molecule has 0 saturated heterocycles. The van der Waals surface area contributed by atoms with Crippen LogP contribution in [0.3, 0.4) is 0 Å². The van der Waals surface area contributed by atoms with Crippen molar-refractivity contribution in [2.24, 2.45) is 0 Å². The lowest BCUT2D eigenvalue weighted by Gasteiger charge is -2.01. The Labute approximate surface area is 131 Å². The van der Waals surface area contributed by atoms with Gasteiger partial charge in [0.2, 0.25) is 5.78 Å². The van der Waals surface area contributed by atoms with Crippen molar-refractivity contribution in [1.82, 2.24) is 0 Å². The molecule has 2 aromatic rings. The lowest BCUT2D eigenvalue weighted by molar-refractivity contribution is 0.0696. The quantitative estimate of drug-likeness (QED) is 0.529. The van der Waals surface area contributed by atoms with E-state index in [-0.39, 0.29) is 11.1 Å². The third-order valence-electron chi connectivity index (χ3n) is 2.94. The van der Waals surface area contributed by atoms with Gasteiger partial charge >= 0.3 is 5.97 Å². The summed E-state index contributed by atoms with van der Waals surface area (Å²) in [5.74, 6) is -1.45. The highest BCUT2D eigenvalue weighted by Gasteiger charge is 2.12. The topological polar surface area (TPSA) is 78.2 Å². The molecular weight excluding hydrogens is 302 g/mol. The molecule has 5 heteroatoms. The Morgan fingerprint density at radius 3 is 2.05 bits per heavy atom. The van der Waals surface area contributed by atoms with E-state index in [1.165, 1.54) is 30.3 Å². The molecule has 0 aliphatic heterocycles. The minimum atomic E-state index is -1.03. The maximum absolute atomic E-state index is 12.2. The van der Waals surface area contributed by atoms with E-state index in [1.54, 1.807) is 24.3 Å². The van der Waals surface area contributed by atoms with Gasteiger partial charge in [-0.3, -0.25) is 4.79 Å². The number of halogens is 1. The predicted octanol–water partition coefficient (Wildman–Crippen LogP) is 3.83. The molecule has 2 aromatic carbocycles. The molecule has 1 N–H and O–H groups in total. The van der Waals surface area contributed by atoms with E-state index >= 15 is 0 Å². The summed E-state index contributed by atoms with van der Waals surface area (Å²) in [5, 5.41) is 18.5. The van der Waals surface area contributed by atoms with Crippen molar-refractivity contribution in [2.45, 2.75) is 0 Å². The highest BCUT2D eigenvalue weighted by Crippen LogP contribution is 2.16. The van der Waals surface area contributed by atoms with E-state index in [1.807, 2.05) is 6.07 Å². The Bertz CT molecular complexity index is 784. The molecule has 0 heterocycles. The summed E-state index contributed by atoms with van der Waals surface area (Å²) in [7, 11) is 0. The van der Waals surface area contributed by atoms with Gasteiger partial charge in [-0.15, -0.1) is 0 Å². The summed E-state index contributed by atoms with van der Waals surface area (Å²) < 4.78 is 0. The van der Waals surface area contributed by atoms with E-state index in [2.05, 4.69) is 0 Å². The number of allylic oxidation sites excluding steroid dienone is 1. The Morgan fingerprint density at radius 2 is 1.55 bits per heavy atom. The average Bonchev–Trinajstić information content (AvgIpc) is 2.53. The molecule has 0 aliphatic carbocycles. The molecule has 0 amide bonds. The standard InChI is InChI=1S/C17H10ClNO3/c18-15-7-5-12(6-8-15)16(20)14(10-19)9-11-1-3-13(4-2-11)17(21)22/h1-9H,(H,21,22)/b14-9+. The van der Waals surface area contributed by atoms with Crippen molar-refractivity contribution >= 4 is 29.4 Å². The number of carboxylic acid groups (broad SMARTS) is 1. The Kier molecular flexibility index (Phi) is 4.72. The zero-order valence-electron chi connectivity index (χ0n) is 11.3. The van der Waals surface area contributed by atoms with Crippen LogP contribution in [0.5, 0.6) is 0 Å². The number of benzene rings is 2. The van der Waals surface area contributed by atoms with Crippen LogP contribution in [0.4, 0.5) is 0 Å². The number of carbonyl (C=O) groups is 2. The number of nitriles is 1. The van der Waals surface area contributed by atoms with Gasteiger partial charge in [-0.25, -0.2) is 4.79 Å². The number of carboxylic acids is 1. The first-order valence-corrected chi connectivity index (χ1v) is 6.64. The fraction of sp³-hybridized carbons (Fsp3) is 0. The van der Waals surface area contributed by atoms with Crippen molar-refractivity contribution in [3.05, 3.63) is 75.8 Å². The lowest BCUT2D eigenvalue weighted by atomic mass is 10.0. The SMILES string of the molecule is N#C/C(=C\c1ccc(C(=O)O)cc1)C(=O)c1ccc(Cl)cc1. The summed E-state index contributed by atoms with van der Waals surface area (Å²) >= 11 is 5.76. The van der Waals surface area contributed by atoms with Gasteiger partial charge < -0.3 is 5.11 Å². The first-order valence-electron chi connectivity index (χ1n) is 6.26. The monoisotopic (exact) mass is 311 g/mol. The molecule has 0 aromatic heterocycles. The fourth-order valence-electron chi connectivity index (χ4n) is 1.79. The van der Waals surface area contributed by atoms with Crippen molar-refractivity contribution in [2.75, 3.05) is 0 Å². The zero-order chi connectivity index (χ0) is 16.1. The molecule has 0 radical (unpaired) electrons. The fourth-order valence-corrected chi connectivity index (χ4v) is 1.92. The van der Waals surface area contributed by atoms with Crippen LogP contribution < -0.4 is 0 Å². The Morgan fingerprint density at radius 1 is 1.00 bits per heavy atom. The van der Waals surface area contributed by atoms with Crippen molar-refractivity contribution in [3.8, 4) is 6.07 Å². The minimum Gasteiger partial charge on any atom is -0.478 e. The van der Waals surface area contributed by atoms with E-state index in [0.717, 1.165) is 0 Å². The Balaban J connectivity index is 2.31. The molecule has 4 nitrogen and oxygen atoms in total. The lowest BCUT2D eigenvalue weighted by Crippen LogP contribution is -2.01. The second-order valence-corrected chi connectivity index (χ2v) is 4.87. The molecule has 0 bridgehead atoms.